The number of urea groups is 2. The zero-order valence-electron chi connectivity index (χ0n) is 19.4. The molecule has 1 aliphatic heterocycles. The molecule has 2 heterocycles. The minimum absolute atomic E-state index is 0.0248. The van der Waals surface area contributed by atoms with Crippen molar-refractivity contribution in [3.8, 4) is 11.8 Å². The third-order valence-electron chi connectivity index (χ3n) is 5.71. The molecule has 3 aromatic rings. The Morgan fingerprint density at radius 1 is 1.14 bits per heavy atom. The van der Waals surface area contributed by atoms with Crippen LogP contribution in [0, 0.1) is 11.3 Å². The van der Waals surface area contributed by atoms with Crippen LogP contribution in [-0.4, -0.2) is 39.8 Å². The van der Waals surface area contributed by atoms with Crippen molar-refractivity contribution in [1.29, 1.82) is 5.26 Å². The van der Waals surface area contributed by atoms with Gasteiger partial charge in [0.1, 0.15) is 0 Å². The molecule has 36 heavy (non-hydrogen) atoms. The molecule has 8 nitrogen and oxygen atoms in total. The summed E-state index contributed by atoms with van der Waals surface area (Å²) in [5, 5.41) is 16.0. The summed E-state index contributed by atoms with van der Waals surface area (Å²) in [6.45, 7) is 3.44. The number of halogens is 3. The van der Waals surface area contributed by atoms with Crippen LogP contribution in [0.5, 0.6) is 0 Å². The first-order valence-electron chi connectivity index (χ1n) is 11.0. The molecule has 0 spiro atoms. The average molecular weight is 494 g/mol. The number of nitrogens with one attached hydrogen (secondary N) is 1. The van der Waals surface area contributed by atoms with E-state index in [4.69, 9.17) is 5.26 Å². The summed E-state index contributed by atoms with van der Waals surface area (Å²) in [6, 6.07) is 13.3. The number of imide groups is 1. The Labute approximate surface area is 204 Å². The van der Waals surface area contributed by atoms with Crippen molar-refractivity contribution < 1.29 is 22.8 Å². The molecule has 0 fully saturated rings. The zero-order valence-corrected chi connectivity index (χ0v) is 19.4. The summed E-state index contributed by atoms with van der Waals surface area (Å²) in [6.07, 6.45) is -3.07. The Balaban J connectivity index is 1.87. The highest BCUT2D eigenvalue weighted by Crippen LogP contribution is 2.36. The largest absolute Gasteiger partial charge is 0.416 e. The fraction of sp³-hybridized carbons (Fsp3) is 0.200. The number of aromatic nitrogens is 2. The van der Waals surface area contributed by atoms with E-state index in [2.05, 4.69) is 10.4 Å². The van der Waals surface area contributed by atoms with E-state index in [1.54, 1.807) is 48.9 Å². The standard InChI is InChI=1S/C25H21F3N6O2/c1-3-30-23(35)32-15-21(22-11-12-31-34(22)19-9-7-17(14-29)8-10-19)16(2)33(24(32)36)20-6-4-5-18(13-20)25(26,27)28/h4-13H,3,15H2,1-2H3,(H,30,35). The Morgan fingerprint density at radius 3 is 2.50 bits per heavy atom. The Morgan fingerprint density at radius 2 is 1.86 bits per heavy atom. The Kier molecular flexibility index (Phi) is 6.53. The third-order valence-corrected chi connectivity index (χ3v) is 5.71. The maximum absolute atomic E-state index is 13.4. The highest BCUT2D eigenvalue weighted by molar-refractivity contribution is 6.08. The number of anilines is 1. The summed E-state index contributed by atoms with van der Waals surface area (Å²) < 4.78 is 41.8. The molecule has 0 radical (unpaired) electrons. The van der Waals surface area contributed by atoms with Gasteiger partial charge in [-0.2, -0.15) is 23.5 Å². The van der Waals surface area contributed by atoms with Gasteiger partial charge in [-0.05, 0) is 62.4 Å². The molecule has 0 saturated carbocycles. The zero-order chi connectivity index (χ0) is 26.0. The van der Waals surface area contributed by atoms with Crippen LogP contribution in [-0.2, 0) is 6.18 Å². The number of rotatable bonds is 4. The Bertz CT molecular complexity index is 1390. The van der Waals surface area contributed by atoms with Gasteiger partial charge < -0.3 is 5.32 Å². The van der Waals surface area contributed by atoms with E-state index < -0.39 is 23.8 Å². The van der Waals surface area contributed by atoms with E-state index in [0.717, 1.165) is 21.9 Å². The predicted octanol–water partition coefficient (Wildman–Crippen LogP) is 5.17. The van der Waals surface area contributed by atoms with Crippen molar-refractivity contribution in [2.24, 2.45) is 0 Å². The maximum atomic E-state index is 13.4. The lowest BCUT2D eigenvalue weighted by Gasteiger charge is -2.37. The van der Waals surface area contributed by atoms with Gasteiger partial charge in [-0.3, -0.25) is 4.90 Å². The molecule has 1 aromatic heterocycles. The van der Waals surface area contributed by atoms with E-state index >= 15 is 0 Å². The highest BCUT2D eigenvalue weighted by Gasteiger charge is 2.38. The van der Waals surface area contributed by atoms with E-state index in [9.17, 15) is 22.8 Å². The van der Waals surface area contributed by atoms with E-state index in [1.807, 2.05) is 6.07 Å². The lowest BCUT2D eigenvalue weighted by Crippen LogP contribution is -2.53. The molecule has 1 N–H and O–H groups in total. The molecule has 0 bridgehead atoms. The number of hydrogen-bond acceptors (Lipinski definition) is 4. The van der Waals surface area contributed by atoms with Gasteiger partial charge in [0.05, 0.1) is 47.0 Å². The molecule has 0 saturated heterocycles. The van der Waals surface area contributed by atoms with Gasteiger partial charge in [-0.1, -0.05) is 6.07 Å². The van der Waals surface area contributed by atoms with Crippen molar-refractivity contribution in [3.63, 3.8) is 0 Å². The van der Waals surface area contributed by atoms with Crippen LogP contribution in [0.3, 0.4) is 0 Å². The predicted molar refractivity (Wildman–Crippen MR) is 126 cm³/mol. The van der Waals surface area contributed by atoms with Crippen molar-refractivity contribution >= 4 is 23.3 Å². The van der Waals surface area contributed by atoms with E-state index in [1.165, 1.54) is 18.3 Å². The number of carbonyl (C=O) groups is 2. The van der Waals surface area contributed by atoms with Crippen LogP contribution in [0.15, 0.2) is 66.5 Å². The molecule has 0 aliphatic carbocycles. The molecule has 0 unspecified atom stereocenters. The van der Waals surface area contributed by atoms with E-state index in [-0.39, 0.29) is 18.8 Å². The first kappa shape index (κ1) is 24.5. The molecule has 11 heteroatoms. The summed E-state index contributed by atoms with van der Waals surface area (Å²) >= 11 is 0. The molecule has 0 atom stereocenters. The molecule has 4 rings (SSSR count). The minimum Gasteiger partial charge on any atom is -0.338 e. The average Bonchev–Trinajstić information content (AvgIpc) is 3.34. The van der Waals surface area contributed by atoms with Crippen molar-refractivity contribution in [2.45, 2.75) is 20.0 Å². The van der Waals surface area contributed by atoms with Gasteiger partial charge in [0.25, 0.3) is 0 Å². The Hall–Kier alpha value is -4.59. The second kappa shape index (κ2) is 9.58. The van der Waals surface area contributed by atoms with Crippen molar-refractivity contribution in [2.75, 3.05) is 18.0 Å². The van der Waals surface area contributed by atoms with Crippen LogP contribution in [0.4, 0.5) is 28.4 Å². The van der Waals surface area contributed by atoms with Crippen LogP contribution in [0.2, 0.25) is 0 Å². The second-order valence-electron chi connectivity index (χ2n) is 7.94. The summed E-state index contributed by atoms with van der Waals surface area (Å²) in [5.41, 5.74) is 1.56. The number of hydrogen-bond donors (Lipinski definition) is 1. The second-order valence-corrected chi connectivity index (χ2v) is 7.94. The lowest BCUT2D eigenvalue weighted by molar-refractivity contribution is -0.137. The molecule has 4 amide bonds. The number of benzene rings is 2. The lowest BCUT2D eigenvalue weighted by atomic mass is 10.0. The van der Waals surface area contributed by atoms with Crippen molar-refractivity contribution in [3.05, 3.63) is 83.3 Å². The number of amides is 4. The van der Waals surface area contributed by atoms with Gasteiger partial charge >= 0.3 is 18.2 Å². The molecule has 184 valence electrons. The minimum atomic E-state index is -4.61. The number of nitrogens with zero attached hydrogens (tertiary/aromatic N) is 5. The molecule has 2 aromatic carbocycles. The van der Waals surface area contributed by atoms with Crippen LogP contribution in [0.25, 0.3) is 11.3 Å². The quantitative estimate of drug-likeness (QED) is 0.542. The summed E-state index contributed by atoms with van der Waals surface area (Å²) in [7, 11) is 0. The first-order valence-corrected chi connectivity index (χ1v) is 11.0. The summed E-state index contributed by atoms with van der Waals surface area (Å²) in [5.74, 6) is 0. The van der Waals surface area contributed by atoms with Crippen molar-refractivity contribution in [1.82, 2.24) is 20.0 Å². The normalized spacial score (nSPS) is 14.2. The van der Waals surface area contributed by atoms with Gasteiger partial charge in [0.2, 0.25) is 0 Å². The topological polar surface area (TPSA) is 94.3 Å². The molecule has 1 aliphatic rings. The van der Waals surface area contributed by atoms with E-state index in [0.29, 0.717) is 28.2 Å². The molecular weight excluding hydrogens is 473 g/mol. The van der Waals surface area contributed by atoms with Crippen LogP contribution >= 0.6 is 0 Å². The number of allylic oxidation sites excluding steroid dienone is 1. The van der Waals surface area contributed by atoms with Gasteiger partial charge in [-0.25, -0.2) is 19.2 Å². The highest BCUT2D eigenvalue weighted by atomic mass is 19.4. The van der Waals surface area contributed by atoms with Crippen LogP contribution in [0.1, 0.15) is 30.7 Å². The third kappa shape index (κ3) is 4.53. The van der Waals surface area contributed by atoms with Gasteiger partial charge in [0.15, 0.2) is 0 Å². The number of alkyl halides is 3. The molecular formula is C25H21F3N6O2. The fourth-order valence-corrected chi connectivity index (χ4v) is 3.95. The van der Waals surface area contributed by atoms with Gasteiger partial charge in [0, 0.05) is 17.8 Å². The van der Waals surface area contributed by atoms with Gasteiger partial charge in [-0.15, -0.1) is 0 Å². The monoisotopic (exact) mass is 494 g/mol. The maximum Gasteiger partial charge on any atom is 0.416 e. The fourth-order valence-electron chi connectivity index (χ4n) is 3.95. The smallest absolute Gasteiger partial charge is 0.338 e. The number of carbonyl (C=O) groups excluding carboxylic acids is 2. The summed E-state index contributed by atoms with van der Waals surface area (Å²) in [4.78, 5) is 28.2. The number of nitriles is 1. The van der Waals surface area contributed by atoms with Crippen LogP contribution < -0.4 is 10.2 Å². The SMILES string of the molecule is CCNC(=O)N1CC(c2ccnn2-c2ccc(C#N)cc2)=C(C)N(c2cccc(C(F)(F)F)c2)C1=O. The first-order chi connectivity index (χ1) is 17.2.